The maximum absolute atomic E-state index is 11.3. The van der Waals surface area contributed by atoms with Gasteiger partial charge in [-0.3, -0.25) is 0 Å². The van der Waals surface area contributed by atoms with E-state index in [1.807, 2.05) is 18.3 Å². The fourth-order valence-corrected chi connectivity index (χ4v) is 5.22. The first kappa shape index (κ1) is 21.6. The highest BCUT2D eigenvalue weighted by Crippen LogP contribution is 2.34. The second-order valence-electron chi connectivity index (χ2n) is 9.11. The van der Waals surface area contributed by atoms with Gasteiger partial charge in [0.1, 0.15) is 5.75 Å². The molecule has 0 unspecified atom stereocenters. The van der Waals surface area contributed by atoms with Crippen LogP contribution in [-0.2, 0) is 6.42 Å². The molecule has 0 bridgehead atoms. The lowest BCUT2D eigenvalue weighted by molar-refractivity contribution is 0.0697. The van der Waals surface area contributed by atoms with Crippen LogP contribution in [0.1, 0.15) is 53.1 Å². The Morgan fingerprint density at radius 2 is 1.79 bits per heavy atom. The van der Waals surface area contributed by atoms with Crippen molar-refractivity contribution in [2.24, 2.45) is 0 Å². The number of hydrogen-bond acceptors (Lipinski definition) is 3. The third kappa shape index (κ3) is 4.48. The molecule has 0 radical (unpaired) electrons. The molecule has 33 heavy (non-hydrogen) atoms. The Kier molecular flexibility index (Phi) is 6.09. The van der Waals surface area contributed by atoms with Crippen LogP contribution in [0, 0.1) is 0 Å². The average molecular weight is 446 g/mol. The zero-order chi connectivity index (χ0) is 22.8. The Balaban J connectivity index is 1.12. The predicted octanol–water partition coefficient (Wildman–Crippen LogP) is 5.56. The van der Waals surface area contributed by atoms with Gasteiger partial charge in [-0.15, -0.1) is 0 Å². The normalized spacial score (nSPS) is 15.4. The van der Waals surface area contributed by atoms with Gasteiger partial charge in [0.25, 0.3) is 0 Å². The van der Waals surface area contributed by atoms with Crippen molar-refractivity contribution in [3.8, 4) is 5.75 Å². The highest BCUT2D eigenvalue weighted by Gasteiger charge is 2.22. The van der Waals surface area contributed by atoms with E-state index in [9.17, 15) is 9.90 Å². The molecule has 6 nitrogen and oxygen atoms in total. The van der Waals surface area contributed by atoms with Gasteiger partial charge in [-0.05, 0) is 105 Å². The molecule has 3 heterocycles. The number of methoxy groups -OCH3 is 1. The van der Waals surface area contributed by atoms with Crippen LogP contribution >= 0.6 is 0 Å². The second-order valence-corrected chi connectivity index (χ2v) is 9.11. The number of benzene rings is 2. The van der Waals surface area contributed by atoms with Crippen molar-refractivity contribution in [1.29, 1.82) is 0 Å². The van der Waals surface area contributed by atoms with Crippen LogP contribution < -0.4 is 4.74 Å². The summed E-state index contributed by atoms with van der Waals surface area (Å²) in [7, 11) is 1.72. The molecule has 5 rings (SSSR count). The smallest absolute Gasteiger partial charge is 0.335 e. The number of fused-ring (bicyclic) bond motifs is 2. The molecule has 0 atom stereocenters. The summed E-state index contributed by atoms with van der Waals surface area (Å²) >= 11 is 0. The van der Waals surface area contributed by atoms with E-state index in [-0.39, 0.29) is 0 Å². The molecule has 0 aliphatic carbocycles. The topological polar surface area (TPSA) is 81.3 Å². The molecule has 2 aromatic carbocycles. The Morgan fingerprint density at radius 3 is 2.58 bits per heavy atom. The highest BCUT2D eigenvalue weighted by atomic mass is 16.5. The van der Waals surface area contributed by atoms with Crippen LogP contribution in [0.15, 0.2) is 48.8 Å². The van der Waals surface area contributed by atoms with E-state index in [4.69, 9.17) is 4.74 Å². The van der Waals surface area contributed by atoms with Crippen molar-refractivity contribution < 1.29 is 14.6 Å². The van der Waals surface area contributed by atoms with Gasteiger partial charge in [0.05, 0.1) is 12.7 Å². The second kappa shape index (κ2) is 9.32. The fourth-order valence-electron chi connectivity index (χ4n) is 5.22. The van der Waals surface area contributed by atoms with E-state index >= 15 is 0 Å². The molecule has 0 amide bonds. The van der Waals surface area contributed by atoms with Crippen LogP contribution in [-0.4, -0.2) is 52.7 Å². The van der Waals surface area contributed by atoms with Gasteiger partial charge in [-0.2, -0.15) is 0 Å². The number of aryl methyl sites for hydroxylation is 1. The third-order valence-corrected chi connectivity index (χ3v) is 7.13. The summed E-state index contributed by atoms with van der Waals surface area (Å²) in [5.74, 6) is 0.631. The third-order valence-electron chi connectivity index (χ3n) is 7.13. The van der Waals surface area contributed by atoms with E-state index in [2.05, 4.69) is 33.2 Å². The number of nitrogens with one attached hydrogen (secondary N) is 2. The molecule has 0 saturated carbocycles. The van der Waals surface area contributed by atoms with E-state index < -0.39 is 5.97 Å². The SMILES string of the molecule is COc1ccc2[nH]cc(C3CCN(CCCCc4c[nH]c5ccc(C(=O)O)cc45)CC3)c2c1. The van der Waals surface area contributed by atoms with Gasteiger partial charge in [-0.1, -0.05) is 0 Å². The Morgan fingerprint density at radius 1 is 1.03 bits per heavy atom. The molecule has 1 aliphatic rings. The van der Waals surface area contributed by atoms with Crippen LogP contribution in [0.3, 0.4) is 0 Å². The predicted molar refractivity (Wildman–Crippen MR) is 131 cm³/mol. The number of nitrogens with zero attached hydrogens (tertiary/aromatic N) is 1. The monoisotopic (exact) mass is 445 g/mol. The number of carboxylic acid groups (broad SMARTS) is 1. The van der Waals surface area contributed by atoms with Crippen molar-refractivity contribution in [1.82, 2.24) is 14.9 Å². The van der Waals surface area contributed by atoms with Crippen LogP contribution in [0.25, 0.3) is 21.8 Å². The van der Waals surface area contributed by atoms with Crippen LogP contribution in [0.5, 0.6) is 5.75 Å². The molecular formula is C27H31N3O3. The number of ether oxygens (including phenoxy) is 1. The molecule has 2 aromatic heterocycles. The molecule has 1 fully saturated rings. The number of hydrogen-bond donors (Lipinski definition) is 3. The Labute approximate surface area is 193 Å². The fraction of sp³-hybridized carbons (Fsp3) is 0.370. The first-order chi connectivity index (χ1) is 16.1. The van der Waals surface area contributed by atoms with Crippen LogP contribution in [0.4, 0.5) is 0 Å². The van der Waals surface area contributed by atoms with E-state index in [1.165, 1.54) is 34.9 Å². The Bertz CT molecular complexity index is 1260. The lowest BCUT2D eigenvalue weighted by Crippen LogP contribution is -2.33. The zero-order valence-corrected chi connectivity index (χ0v) is 19.1. The largest absolute Gasteiger partial charge is 0.497 e. The maximum Gasteiger partial charge on any atom is 0.335 e. The standard InChI is InChI=1S/C27H31N3O3/c1-33-21-6-8-26-23(15-21)24(17-29-26)18-9-12-30(13-10-18)11-3-2-4-20-16-28-25-7-5-19(27(31)32)14-22(20)25/h5-8,14-18,28-29H,2-4,9-13H2,1H3,(H,31,32). The minimum absolute atomic E-state index is 0.347. The van der Waals surface area contributed by atoms with Gasteiger partial charge < -0.3 is 24.7 Å². The first-order valence-corrected chi connectivity index (χ1v) is 11.8. The quantitative estimate of drug-likeness (QED) is 0.310. The summed E-state index contributed by atoms with van der Waals surface area (Å²) in [5, 5.41) is 11.6. The summed E-state index contributed by atoms with van der Waals surface area (Å²) in [6.45, 7) is 3.39. The van der Waals surface area contributed by atoms with Crippen molar-refractivity contribution in [3.05, 3.63) is 65.5 Å². The first-order valence-electron chi connectivity index (χ1n) is 11.8. The van der Waals surface area contributed by atoms with Gasteiger partial charge in [0, 0.05) is 34.2 Å². The number of aromatic amines is 2. The van der Waals surface area contributed by atoms with Gasteiger partial charge in [0.15, 0.2) is 0 Å². The molecule has 3 N–H and O–H groups in total. The number of piperidine rings is 1. The van der Waals surface area contributed by atoms with Crippen molar-refractivity contribution in [3.63, 3.8) is 0 Å². The number of likely N-dealkylation sites (tertiary alicyclic amines) is 1. The number of aromatic nitrogens is 2. The number of unbranched alkanes of at least 4 members (excludes halogenated alkanes) is 1. The minimum Gasteiger partial charge on any atom is -0.497 e. The molecule has 1 aliphatic heterocycles. The molecule has 0 spiro atoms. The molecule has 4 aromatic rings. The summed E-state index contributed by atoms with van der Waals surface area (Å²) in [6, 6.07) is 11.6. The summed E-state index contributed by atoms with van der Waals surface area (Å²) < 4.78 is 5.42. The average Bonchev–Trinajstić information content (AvgIpc) is 3.45. The number of carbonyl (C=O) groups is 1. The summed E-state index contributed by atoms with van der Waals surface area (Å²) in [6.07, 6.45) is 9.80. The minimum atomic E-state index is -0.876. The van der Waals surface area contributed by atoms with Crippen molar-refractivity contribution in [2.75, 3.05) is 26.7 Å². The Hall–Kier alpha value is -3.25. The van der Waals surface area contributed by atoms with Crippen molar-refractivity contribution >= 4 is 27.8 Å². The van der Waals surface area contributed by atoms with Gasteiger partial charge in [0.2, 0.25) is 0 Å². The number of H-pyrrole nitrogens is 2. The molecule has 1 saturated heterocycles. The summed E-state index contributed by atoms with van der Waals surface area (Å²) in [5.41, 5.74) is 5.16. The van der Waals surface area contributed by atoms with Gasteiger partial charge >= 0.3 is 5.97 Å². The molecular weight excluding hydrogens is 414 g/mol. The van der Waals surface area contributed by atoms with Gasteiger partial charge in [-0.25, -0.2) is 4.79 Å². The van der Waals surface area contributed by atoms with E-state index in [0.717, 1.165) is 55.5 Å². The highest BCUT2D eigenvalue weighted by molar-refractivity contribution is 5.94. The van der Waals surface area contributed by atoms with E-state index in [1.54, 1.807) is 19.2 Å². The number of rotatable bonds is 8. The molecule has 172 valence electrons. The number of aromatic carboxylic acids is 1. The number of carboxylic acids is 1. The maximum atomic E-state index is 11.3. The summed E-state index contributed by atoms with van der Waals surface area (Å²) in [4.78, 5) is 20.6. The lowest BCUT2D eigenvalue weighted by Gasteiger charge is -2.32. The van der Waals surface area contributed by atoms with E-state index in [0.29, 0.717) is 11.5 Å². The lowest BCUT2D eigenvalue weighted by atomic mass is 9.89. The molecule has 6 heteroatoms. The zero-order valence-electron chi connectivity index (χ0n) is 19.1. The van der Waals surface area contributed by atoms with Crippen LogP contribution in [0.2, 0.25) is 0 Å². The van der Waals surface area contributed by atoms with Crippen molar-refractivity contribution in [2.45, 2.75) is 38.0 Å².